The molecule has 2 aliphatic heterocycles. The van der Waals surface area contributed by atoms with Crippen LogP contribution in [0.25, 0.3) is 6.08 Å². The van der Waals surface area contributed by atoms with Gasteiger partial charge in [0.2, 0.25) is 5.17 Å². The average Bonchev–Trinajstić information content (AvgIpc) is 3.17. The fourth-order valence-electron chi connectivity index (χ4n) is 3.26. The Kier molecular flexibility index (Phi) is 6.36. The van der Waals surface area contributed by atoms with Crippen molar-refractivity contribution in [3.63, 3.8) is 0 Å². The van der Waals surface area contributed by atoms with Crippen molar-refractivity contribution >= 4 is 45.5 Å². The van der Waals surface area contributed by atoms with Gasteiger partial charge in [-0.2, -0.15) is 15.1 Å². The molecule has 0 spiro atoms. The molecule has 2 aliphatic rings. The van der Waals surface area contributed by atoms with Crippen LogP contribution in [0.5, 0.6) is 5.75 Å². The van der Waals surface area contributed by atoms with Gasteiger partial charge in [0.25, 0.3) is 11.6 Å². The number of carbonyl (C=O) groups is 1. The highest BCUT2D eigenvalue weighted by atomic mass is 32.2. The van der Waals surface area contributed by atoms with Crippen LogP contribution < -0.4 is 4.74 Å². The lowest BCUT2D eigenvalue weighted by Crippen LogP contribution is -2.35. The van der Waals surface area contributed by atoms with Crippen LogP contribution in [-0.4, -0.2) is 31.9 Å². The Morgan fingerprint density at radius 1 is 1.21 bits per heavy atom. The minimum Gasteiger partial charge on any atom is -0.489 e. The van der Waals surface area contributed by atoms with Crippen LogP contribution in [0.3, 0.4) is 0 Å². The molecule has 0 saturated heterocycles. The van der Waals surface area contributed by atoms with Gasteiger partial charge in [-0.15, -0.1) is 0 Å². The molecule has 2 heterocycles. The van der Waals surface area contributed by atoms with Crippen LogP contribution in [0.4, 0.5) is 5.69 Å². The molecule has 10 heteroatoms. The van der Waals surface area contributed by atoms with Gasteiger partial charge in [-0.05, 0) is 47.5 Å². The molecule has 1 amide bonds. The van der Waals surface area contributed by atoms with E-state index in [2.05, 4.69) is 23.9 Å². The fourth-order valence-corrected chi connectivity index (χ4v) is 4.36. The molecule has 0 aliphatic carbocycles. The molecule has 2 aromatic rings. The molecule has 9 nitrogen and oxygen atoms in total. The van der Waals surface area contributed by atoms with Gasteiger partial charge in [0.1, 0.15) is 17.4 Å². The first-order valence-electron chi connectivity index (χ1n) is 10.3. The second kappa shape index (κ2) is 9.37. The molecule has 0 unspecified atom stereocenters. The predicted octanol–water partition coefficient (Wildman–Crippen LogP) is 4.84. The van der Waals surface area contributed by atoms with Gasteiger partial charge in [-0.1, -0.05) is 38.1 Å². The number of benzene rings is 2. The van der Waals surface area contributed by atoms with E-state index < -0.39 is 10.8 Å². The predicted molar refractivity (Wildman–Crippen MR) is 128 cm³/mol. The van der Waals surface area contributed by atoms with Crippen molar-refractivity contribution < 1.29 is 14.5 Å². The molecule has 0 saturated carbocycles. The number of para-hydroxylation sites is 1. The fraction of sp³-hybridized carbons (Fsp3) is 0.217. The van der Waals surface area contributed by atoms with E-state index in [1.54, 1.807) is 48.5 Å². The Morgan fingerprint density at radius 3 is 2.64 bits per heavy atom. The second-order valence-corrected chi connectivity index (χ2v) is 8.90. The number of thioether (sulfide) groups is 1. The number of aliphatic imine (C=N–C) groups is 1. The molecule has 168 valence electrons. The van der Waals surface area contributed by atoms with Crippen LogP contribution in [0, 0.1) is 21.4 Å². The Hall–Kier alpha value is -3.79. The lowest BCUT2D eigenvalue weighted by molar-refractivity contribution is -0.385. The highest BCUT2D eigenvalue weighted by molar-refractivity contribution is 8.26. The zero-order valence-corrected chi connectivity index (χ0v) is 18.8. The van der Waals surface area contributed by atoms with Crippen molar-refractivity contribution in [2.24, 2.45) is 16.0 Å². The number of hydrazone groups is 1. The highest BCUT2D eigenvalue weighted by Crippen LogP contribution is 2.30. The molecule has 0 radical (unpaired) electrons. The van der Waals surface area contributed by atoms with Gasteiger partial charge in [0, 0.05) is 12.5 Å². The van der Waals surface area contributed by atoms with Crippen LogP contribution in [0.2, 0.25) is 0 Å². The van der Waals surface area contributed by atoms with Crippen molar-refractivity contribution in [1.29, 1.82) is 5.41 Å². The third kappa shape index (κ3) is 5.01. The lowest BCUT2D eigenvalue weighted by atomic mass is 10.1. The molecule has 0 aromatic heterocycles. The molecule has 0 fully saturated rings. The first-order chi connectivity index (χ1) is 15.8. The van der Waals surface area contributed by atoms with E-state index in [0.717, 1.165) is 11.5 Å². The third-order valence-corrected chi connectivity index (χ3v) is 5.78. The summed E-state index contributed by atoms with van der Waals surface area (Å²) in [4.78, 5) is 27.3. The quantitative estimate of drug-likeness (QED) is 0.356. The van der Waals surface area contributed by atoms with Crippen molar-refractivity contribution in [3.8, 4) is 5.75 Å². The van der Waals surface area contributed by atoms with Crippen LogP contribution in [-0.2, 0) is 11.4 Å². The van der Waals surface area contributed by atoms with E-state index in [1.165, 1.54) is 22.8 Å². The topological polar surface area (TPSA) is 121 Å². The first kappa shape index (κ1) is 22.4. The van der Waals surface area contributed by atoms with Crippen LogP contribution in [0.1, 0.15) is 31.4 Å². The molecular weight excluding hydrogens is 442 g/mol. The summed E-state index contributed by atoms with van der Waals surface area (Å²) >= 11 is 1.33. The van der Waals surface area contributed by atoms with Gasteiger partial charge in [-0.3, -0.25) is 20.3 Å². The Bertz CT molecular complexity index is 1220. The SMILES string of the molecule is CC(C)CC1=NN2C(=N)C(=Cc3ccc(OCc4ccccc4[N+](=O)[O-])cc3)C(=O)N=C2S1. The summed E-state index contributed by atoms with van der Waals surface area (Å²) in [6.45, 7) is 4.22. The van der Waals surface area contributed by atoms with E-state index in [9.17, 15) is 14.9 Å². The summed E-state index contributed by atoms with van der Waals surface area (Å²) in [5.74, 6) is 0.454. The zero-order valence-electron chi connectivity index (χ0n) is 18.0. The van der Waals surface area contributed by atoms with Crippen molar-refractivity contribution in [2.75, 3.05) is 0 Å². The summed E-state index contributed by atoms with van der Waals surface area (Å²) in [5.41, 5.74) is 1.33. The molecule has 2 aromatic carbocycles. The van der Waals surface area contributed by atoms with Gasteiger partial charge >= 0.3 is 0 Å². The molecular formula is C23H21N5O4S. The molecule has 1 N–H and O–H groups in total. The van der Waals surface area contributed by atoms with Gasteiger partial charge in [-0.25, -0.2) is 0 Å². The summed E-state index contributed by atoms with van der Waals surface area (Å²) in [5, 5.41) is 26.7. The standard InChI is InChI=1S/C23H21N5O4S/c1-14(2)11-20-26-27-21(24)18(22(29)25-23(27)33-20)12-15-7-9-17(10-8-15)32-13-16-5-3-4-6-19(16)28(30)31/h3-10,12,14,24H,11,13H2,1-2H3. The number of fused-ring (bicyclic) bond motifs is 1. The summed E-state index contributed by atoms with van der Waals surface area (Å²) in [6, 6.07) is 13.3. The van der Waals surface area contributed by atoms with Crippen molar-refractivity contribution in [3.05, 3.63) is 75.3 Å². The van der Waals surface area contributed by atoms with E-state index in [0.29, 0.717) is 28.0 Å². The third-order valence-electron chi connectivity index (χ3n) is 4.85. The number of rotatable bonds is 7. The second-order valence-electron chi connectivity index (χ2n) is 7.86. The molecule has 4 rings (SSSR count). The monoisotopic (exact) mass is 463 g/mol. The molecule has 33 heavy (non-hydrogen) atoms. The maximum atomic E-state index is 12.5. The number of amides is 1. The minimum absolute atomic E-state index is 0.00651. The van der Waals surface area contributed by atoms with Crippen LogP contribution in [0.15, 0.2) is 64.2 Å². The lowest BCUT2D eigenvalue weighted by Gasteiger charge is -2.20. The largest absolute Gasteiger partial charge is 0.489 e. The zero-order chi connectivity index (χ0) is 23.5. The summed E-state index contributed by atoms with van der Waals surface area (Å²) < 4.78 is 5.69. The Morgan fingerprint density at radius 2 is 1.94 bits per heavy atom. The number of amidine groups is 2. The number of nitrogens with zero attached hydrogens (tertiary/aromatic N) is 4. The van der Waals surface area contributed by atoms with E-state index in [-0.39, 0.29) is 23.7 Å². The molecule has 0 bridgehead atoms. The van der Waals surface area contributed by atoms with E-state index >= 15 is 0 Å². The number of hydrogen-bond donors (Lipinski definition) is 1. The number of ether oxygens (including phenoxy) is 1. The van der Waals surface area contributed by atoms with Gasteiger partial charge in [0.05, 0.1) is 16.1 Å². The molecule has 0 atom stereocenters. The summed E-state index contributed by atoms with van der Waals surface area (Å²) in [7, 11) is 0. The maximum Gasteiger partial charge on any atom is 0.283 e. The smallest absolute Gasteiger partial charge is 0.283 e. The summed E-state index contributed by atoms with van der Waals surface area (Å²) in [6.07, 6.45) is 2.35. The van der Waals surface area contributed by atoms with Crippen molar-refractivity contribution in [1.82, 2.24) is 5.01 Å². The number of nitro groups is 1. The van der Waals surface area contributed by atoms with Crippen molar-refractivity contribution in [2.45, 2.75) is 26.9 Å². The number of carbonyl (C=O) groups excluding carboxylic acids is 1. The minimum atomic E-state index is -0.475. The Labute approximate surface area is 194 Å². The van der Waals surface area contributed by atoms with E-state index in [1.807, 2.05) is 0 Å². The van der Waals surface area contributed by atoms with Crippen LogP contribution >= 0.6 is 11.8 Å². The number of nitro benzene ring substituents is 1. The maximum absolute atomic E-state index is 12.5. The van der Waals surface area contributed by atoms with Gasteiger partial charge in [0.15, 0.2) is 5.84 Å². The number of hydrogen-bond acceptors (Lipinski definition) is 7. The van der Waals surface area contributed by atoms with Gasteiger partial charge < -0.3 is 4.74 Å². The van der Waals surface area contributed by atoms with E-state index in [4.69, 9.17) is 10.1 Å². The first-order valence-corrected chi connectivity index (χ1v) is 11.1. The normalized spacial score (nSPS) is 16.7. The Balaban J connectivity index is 1.47. The number of nitrogens with one attached hydrogen (secondary N) is 1. The average molecular weight is 464 g/mol. The highest BCUT2D eigenvalue weighted by Gasteiger charge is 2.35.